The lowest BCUT2D eigenvalue weighted by Crippen LogP contribution is -2.23. The summed E-state index contributed by atoms with van der Waals surface area (Å²) < 4.78 is 2.11. The summed E-state index contributed by atoms with van der Waals surface area (Å²) in [5.74, 6) is 2.90. The summed E-state index contributed by atoms with van der Waals surface area (Å²) in [6.07, 6.45) is 23.9. The van der Waals surface area contributed by atoms with E-state index < -0.39 is 0 Å². The molecule has 2 fully saturated rings. The smallest absolute Gasteiger partial charge is 0.160 e. The molecule has 180 valence electrons. The highest BCUT2D eigenvalue weighted by Gasteiger charge is 2.29. The number of carbonyl (C=O) groups excluding carboxylic acids is 1. The van der Waals surface area contributed by atoms with Gasteiger partial charge in [0, 0.05) is 30.8 Å². The third-order valence-electron chi connectivity index (χ3n) is 8.79. The first-order valence-corrected chi connectivity index (χ1v) is 13.7. The topological polar surface area (TPSA) is 34.4 Å². The fourth-order valence-corrected chi connectivity index (χ4v) is 6.84. The maximum Gasteiger partial charge on any atom is 0.160 e. The molecule has 6 rings (SSSR count). The molecule has 0 radical (unpaired) electrons. The molecule has 0 unspecified atom stereocenters. The highest BCUT2D eigenvalue weighted by Crippen LogP contribution is 2.43. The van der Waals surface area contributed by atoms with Gasteiger partial charge in [-0.1, -0.05) is 74.6 Å². The van der Waals surface area contributed by atoms with E-state index in [2.05, 4.69) is 45.8 Å². The molecule has 0 amide bonds. The van der Waals surface area contributed by atoms with Crippen molar-refractivity contribution in [1.82, 2.24) is 9.38 Å². The second-order valence-corrected chi connectivity index (χ2v) is 11.0. The van der Waals surface area contributed by atoms with Crippen molar-refractivity contribution < 1.29 is 4.79 Å². The van der Waals surface area contributed by atoms with Gasteiger partial charge in [-0.25, -0.2) is 4.98 Å². The first-order valence-electron chi connectivity index (χ1n) is 13.7. The van der Waals surface area contributed by atoms with Crippen LogP contribution < -0.4 is 0 Å². The van der Waals surface area contributed by atoms with E-state index in [0.29, 0.717) is 6.42 Å². The van der Waals surface area contributed by atoms with E-state index in [4.69, 9.17) is 0 Å². The van der Waals surface area contributed by atoms with Crippen LogP contribution in [0, 0.1) is 11.8 Å². The predicted octanol–water partition coefficient (Wildman–Crippen LogP) is 7.69. The lowest BCUT2D eigenvalue weighted by molar-refractivity contribution is -0.113. The van der Waals surface area contributed by atoms with Crippen LogP contribution in [-0.4, -0.2) is 15.2 Å². The molecule has 0 saturated heterocycles. The van der Waals surface area contributed by atoms with E-state index in [1.54, 1.807) is 6.08 Å². The van der Waals surface area contributed by atoms with Crippen LogP contribution in [0.2, 0.25) is 0 Å². The zero-order valence-corrected chi connectivity index (χ0v) is 20.7. The van der Waals surface area contributed by atoms with Gasteiger partial charge in [-0.15, -0.1) is 0 Å². The number of carbonyl (C=O) groups is 1. The fraction of sp³-hybridized carbons (Fsp3) is 0.438. The summed E-state index contributed by atoms with van der Waals surface area (Å²) in [4.78, 5) is 16.6. The van der Waals surface area contributed by atoms with Crippen molar-refractivity contribution in [3.05, 3.63) is 89.4 Å². The van der Waals surface area contributed by atoms with Crippen LogP contribution in [-0.2, 0) is 11.2 Å². The van der Waals surface area contributed by atoms with Crippen LogP contribution in [0.25, 0.3) is 11.2 Å². The Hall–Kier alpha value is -2.94. The molecule has 0 spiro atoms. The van der Waals surface area contributed by atoms with Crippen LogP contribution >= 0.6 is 0 Å². The SMILES string of the molecule is O=C1C=C(c2ccc(Cc3ccc(C4CCC(C5CCCCC5)CC4)cc3)c3nccn23)C=CC1. The Labute approximate surface area is 209 Å². The molecule has 3 nitrogen and oxygen atoms in total. The van der Waals surface area contributed by atoms with Crippen molar-refractivity contribution in [2.75, 3.05) is 0 Å². The maximum absolute atomic E-state index is 11.9. The van der Waals surface area contributed by atoms with Crippen LogP contribution in [0.1, 0.15) is 92.5 Å². The van der Waals surface area contributed by atoms with E-state index >= 15 is 0 Å². The van der Waals surface area contributed by atoms with Crippen LogP contribution in [0.15, 0.2) is 67.0 Å². The molecule has 2 saturated carbocycles. The third kappa shape index (κ3) is 4.78. The fourth-order valence-electron chi connectivity index (χ4n) is 6.84. The number of imidazole rings is 1. The average molecular weight is 465 g/mol. The van der Waals surface area contributed by atoms with E-state index in [9.17, 15) is 4.79 Å². The molecule has 0 bridgehead atoms. The van der Waals surface area contributed by atoms with Crippen molar-refractivity contribution in [2.24, 2.45) is 11.8 Å². The second-order valence-electron chi connectivity index (χ2n) is 11.0. The van der Waals surface area contributed by atoms with Gasteiger partial charge in [0.1, 0.15) is 5.65 Å². The van der Waals surface area contributed by atoms with Gasteiger partial charge in [0.05, 0.1) is 5.69 Å². The van der Waals surface area contributed by atoms with Gasteiger partial charge < -0.3 is 0 Å². The minimum atomic E-state index is 0.155. The molecule has 0 atom stereocenters. The van der Waals surface area contributed by atoms with Gasteiger partial charge in [-0.2, -0.15) is 0 Å². The molecule has 2 heterocycles. The Bertz CT molecular complexity index is 1250. The lowest BCUT2D eigenvalue weighted by atomic mass is 9.70. The van der Waals surface area contributed by atoms with Gasteiger partial charge in [-0.05, 0) is 72.3 Å². The first-order chi connectivity index (χ1) is 17.2. The highest BCUT2D eigenvalue weighted by atomic mass is 16.1. The van der Waals surface area contributed by atoms with E-state index in [1.165, 1.54) is 74.5 Å². The molecule has 3 aromatic rings. The Morgan fingerprint density at radius 3 is 2.40 bits per heavy atom. The molecule has 1 aromatic carbocycles. The van der Waals surface area contributed by atoms with Crippen molar-refractivity contribution in [3.63, 3.8) is 0 Å². The molecule has 0 aliphatic heterocycles. The summed E-state index contributed by atoms with van der Waals surface area (Å²) in [5.41, 5.74) is 7.02. The number of fused-ring (bicyclic) bond motifs is 1. The average Bonchev–Trinajstić information content (AvgIpc) is 3.41. The standard InChI is InChI=1S/C32H36N2O/c35-30-8-4-7-28(22-30)31-18-17-29(32-33-19-20-34(31)32)21-23-9-11-25(12-10-23)27-15-13-26(14-16-27)24-5-2-1-3-6-24/h4,7,9-12,17-20,22,24,26-27H,1-3,5-6,8,13-16,21H2. The summed E-state index contributed by atoms with van der Waals surface area (Å²) in [6.45, 7) is 0. The summed E-state index contributed by atoms with van der Waals surface area (Å²) in [5, 5.41) is 0. The lowest BCUT2D eigenvalue weighted by Gasteiger charge is -2.36. The monoisotopic (exact) mass is 464 g/mol. The Kier molecular flexibility index (Phi) is 6.41. The Morgan fingerprint density at radius 2 is 1.63 bits per heavy atom. The van der Waals surface area contributed by atoms with Gasteiger partial charge in [0.25, 0.3) is 0 Å². The number of hydrogen-bond donors (Lipinski definition) is 0. The molecule has 3 heteroatoms. The van der Waals surface area contributed by atoms with Crippen LogP contribution in [0.4, 0.5) is 0 Å². The van der Waals surface area contributed by atoms with Crippen molar-refractivity contribution in [1.29, 1.82) is 0 Å². The number of aromatic nitrogens is 2. The van der Waals surface area contributed by atoms with Crippen molar-refractivity contribution in [3.8, 4) is 0 Å². The molecule has 3 aliphatic carbocycles. The minimum Gasteiger partial charge on any atom is -0.299 e. The third-order valence-corrected chi connectivity index (χ3v) is 8.79. The summed E-state index contributed by atoms with van der Waals surface area (Å²) >= 11 is 0. The van der Waals surface area contributed by atoms with E-state index in [1.807, 2.05) is 24.5 Å². The highest BCUT2D eigenvalue weighted by molar-refractivity contribution is 6.01. The Balaban J connectivity index is 1.14. The number of hydrogen-bond acceptors (Lipinski definition) is 2. The van der Waals surface area contributed by atoms with E-state index in [-0.39, 0.29) is 5.78 Å². The zero-order chi connectivity index (χ0) is 23.6. The Morgan fingerprint density at radius 1 is 0.857 bits per heavy atom. The quantitative estimate of drug-likeness (QED) is 0.388. The summed E-state index contributed by atoms with van der Waals surface area (Å²) in [6, 6.07) is 13.7. The number of nitrogens with zero attached hydrogens (tertiary/aromatic N) is 2. The number of allylic oxidation sites excluding steroid dienone is 4. The van der Waals surface area contributed by atoms with Crippen molar-refractivity contribution in [2.45, 2.75) is 76.5 Å². The van der Waals surface area contributed by atoms with Crippen LogP contribution in [0.3, 0.4) is 0 Å². The zero-order valence-electron chi connectivity index (χ0n) is 20.7. The van der Waals surface area contributed by atoms with Crippen LogP contribution in [0.5, 0.6) is 0 Å². The number of benzene rings is 1. The van der Waals surface area contributed by atoms with Gasteiger partial charge in [0.15, 0.2) is 5.78 Å². The molecule has 0 N–H and O–H groups in total. The minimum absolute atomic E-state index is 0.155. The molecule has 3 aliphatic rings. The number of rotatable bonds is 5. The van der Waals surface area contributed by atoms with Gasteiger partial charge in [0.2, 0.25) is 0 Å². The van der Waals surface area contributed by atoms with Crippen molar-refractivity contribution >= 4 is 17.0 Å². The van der Waals surface area contributed by atoms with Gasteiger partial charge >= 0.3 is 0 Å². The van der Waals surface area contributed by atoms with Gasteiger partial charge in [-0.3, -0.25) is 9.20 Å². The molecule has 2 aromatic heterocycles. The normalized spacial score (nSPS) is 23.5. The van der Waals surface area contributed by atoms with E-state index in [0.717, 1.165) is 41.1 Å². The summed E-state index contributed by atoms with van der Waals surface area (Å²) in [7, 11) is 0. The molecular formula is C32H36N2O. The second kappa shape index (κ2) is 9.97. The predicted molar refractivity (Wildman–Crippen MR) is 142 cm³/mol. The number of ketones is 1. The molecular weight excluding hydrogens is 428 g/mol. The number of pyridine rings is 1. The first kappa shape index (κ1) is 22.5. The largest absolute Gasteiger partial charge is 0.299 e. The maximum atomic E-state index is 11.9. The molecule has 35 heavy (non-hydrogen) atoms.